The van der Waals surface area contributed by atoms with Crippen LogP contribution in [-0.4, -0.2) is 37.1 Å². The van der Waals surface area contributed by atoms with E-state index in [2.05, 4.69) is 11.7 Å². The van der Waals surface area contributed by atoms with Crippen LogP contribution in [0.2, 0.25) is 0 Å². The average molecular weight is 298 g/mol. The zero-order valence-corrected chi connectivity index (χ0v) is 12.0. The van der Waals surface area contributed by atoms with Crippen LogP contribution in [0.5, 0.6) is 5.75 Å². The molecule has 0 unspecified atom stereocenters. The Bertz CT molecular complexity index is 500. The van der Waals surface area contributed by atoms with E-state index >= 15 is 0 Å². The van der Waals surface area contributed by atoms with Gasteiger partial charge in [0, 0.05) is 18.7 Å². The number of rotatable bonds is 4. The van der Waals surface area contributed by atoms with Crippen LogP contribution >= 0.6 is 0 Å². The number of halogens is 2. The monoisotopic (exact) mass is 298 g/mol. The molecule has 116 valence electrons. The number of hydrogen-bond acceptors (Lipinski definition) is 3. The second-order valence-corrected chi connectivity index (χ2v) is 5.71. The molecule has 0 aliphatic carbocycles. The molecule has 1 aromatic carbocycles. The third kappa shape index (κ3) is 3.91. The van der Waals surface area contributed by atoms with E-state index in [1.165, 1.54) is 12.1 Å². The Hall–Kier alpha value is -1.69. The van der Waals surface area contributed by atoms with Crippen molar-refractivity contribution in [1.29, 1.82) is 0 Å². The van der Waals surface area contributed by atoms with Crippen molar-refractivity contribution in [3.05, 3.63) is 29.8 Å². The van der Waals surface area contributed by atoms with E-state index in [1.807, 2.05) is 0 Å². The molecular formula is C15H20F2N2O2. The van der Waals surface area contributed by atoms with Crippen molar-refractivity contribution in [2.45, 2.75) is 26.4 Å². The minimum Gasteiger partial charge on any atom is -0.435 e. The molecular weight excluding hydrogens is 278 g/mol. The van der Waals surface area contributed by atoms with Crippen molar-refractivity contribution in [3.63, 3.8) is 0 Å². The fraction of sp³-hybridized carbons (Fsp3) is 0.533. The molecule has 1 fully saturated rings. The zero-order chi connectivity index (χ0) is 15.5. The van der Waals surface area contributed by atoms with Crippen molar-refractivity contribution in [3.8, 4) is 5.75 Å². The Kier molecular flexibility index (Phi) is 4.77. The number of benzene rings is 1. The third-order valence-corrected chi connectivity index (χ3v) is 4.06. The smallest absolute Gasteiger partial charge is 0.387 e. The Morgan fingerprint density at radius 2 is 2.10 bits per heavy atom. The first-order chi connectivity index (χ1) is 9.93. The molecule has 0 spiro atoms. The van der Waals surface area contributed by atoms with Gasteiger partial charge in [0.15, 0.2) is 0 Å². The lowest BCUT2D eigenvalue weighted by Gasteiger charge is -2.38. The van der Waals surface area contributed by atoms with Crippen LogP contribution in [0, 0.1) is 5.41 Å². The van der Waals surface area contributed by atoms with E-state index in [-0.39, 0.29) is 17.1 Å². The van der Waals surface area contributed by atoms with Gasteiger partial charge in [-0.05, 0) is 43.0 Å². The number of nitrogens with zero attached hydrogens (tertiary/aromatic N) is 1. The second kappa shape index (κ2) is 6.39. The van der Waals surface area contributed by atoms with Crippen LogP contribution in [-0.2, 0) is 0 Å². The summed E-state index contributed by atoms with van der Waals surface area (Å²) in [6, 6.07) is 5.91. The highest BCUT2D eigenvalue weighted by molar-refractivity contribution is 5.94. The first kappa shape index (κ1) is 15.7. The van der Waals surface area contributed by atoms with Gasteiger partial charge in [-0.25, -0.2) is 0 Å². The third-order valence-electron chi connectivity index (χ3n) is 4.06. The Balaban J connectivity index is 2.04. The van der Waals surface area contributed by atoms with Crippen LogP contribution in [0.1, 0.15) is 30.1 Å². The molecule has 2 N–H and O–H groups in total. The summed E-state index contributed by atoms with van der Waals surface area (Å²) in [5, 5.41) is 0. The highest BCUT2D eigenvalue weighted by atomic mass is 19.3. The lowest BCUT2D eigenvalue weighted by molar-refractivity contribution is -0.0499. The lowest BCUT2D eigenvalue weighted by Crippen LogP contribution is -2.44. The highest BCUT2D eigenvalue weighted by Gasteiger charge is 2.31. The van der Waals surface area contributed by atoms with Gasteiger partial charge in [-0.1, -0.05) is 13.0 Å². The number of hydrogen-bond donors (Lipinski definition) is 1. The molecule has 1 aliphatic rings. The maximum atomic E-state index is 12.4. The van der Waals surface area contributed by atoms with Crippen molar-refractivity contribution < 1.29 is 18.3 Å². The van der Waals surface area contributed by atoms with Gasteiger partial charge in [0.05, 0.1) is 0 Å². The predicted octanol–water partition coefficient (Wildman–Crippen LogP) is 2.49. The van der Waals surface area contributed by atoms with E-state index in [4.69, 9.17) is 5.73 Å². The van der Waals surface area contributed by atoms with Gasteiger partial charge >= 0.3 is 6.61 Å². The fourth-order valence-corrected chi connectivity index (χ4v) is 2.44. The number of alkyl halides is 2. The summed E-state index contributed by atoms with van der Waals surface area (Å²) in [6.07, 6.45) is 1.70. The predicted molar refractivity (Wildman–Crippen MR) is 75.4 cm³/mol. The van der Waals surface area contributed by atoms with Gasteiger partial charge in [0.1, 0.15) is 5.75 Å². The molecule has 1 aliphatic heterocycles. The standard InChI is InChI=1S/C15H20F2N2O2/c1-15(10-18)5-7-19(8-6-15)13(20)11-3-2-4-12(9-11)21-14(16)17/h2-4,9,14H,5-8,10,18H2,1H3. The fourth-order valence-electron chi connectivity index (χ4n) is 2.44. The van der Waals surface area contributed by atoms with Crippen LogP contribution in [0.25, 0.3) is 0 Å². The molecule has 21 heavy (non-hydrogen) atoms. The topological polar surface area (TPSA) is 55.6 Å². The molecule has 0 radical (unpaired) electrons. The van der Waals surface area contributed by atoms with Gasteiger partial charge in [-0.3, -0.25) is 4.79 Å². The molecule has 1 aromatic rings. The maximum absolute atomic E-state index is 12.4. The Morgan fingerprint density at radius 1 is 1.43 bits per heavy atom. The number of ether oxygens (including phenoxy) is 1. The van der Waals surface area contributed by atoms with Gasteiger partial charge in [0.2, 0.25) is 0 Å². The van der Waals surface area contributed by atoms with E-state index in [0.29, 0.717) is 25.2 Å². The zero-order valence-electron chi connectivity index (χ0n) is 12.0. The van der Waals surface area contributed by atoms with E-state index in [0.717, 1.165) is 12.8 Å². The molecule has 2 rings (SSSR count). The number of carbonyl (C=O) groups excluding carboxylic acids is 1. The SMILES string of the molecule is CC1(CN)CCN(C(=O)c2cccc(OC(F)F)c2)CC1. The minimum atomic E-state index is -2.89. The summed E-state index contributed by atoms with van der Waals surface area (Å²) < 4.78 is 28.7. The van der Waals surface area contributed by atoms with Gasteiger partial charge in [0.25, 0.3) is 5.91 Å². The van der Waals surface area contributed by atoms with E-state index in [1.54, 1.807) is 17.0 Å². The summed E-state index contributed by atoms with van der Waals surface area (Å²) in [4.78, 5) is 14.1. The van der Waals surface area contributed by atoms with Crippen molar-refractivity contribution >= 4 is 5.91 Å². The summed E-state index contributed by atoms with van der Waals surface area (Å²) in [7, 11) is 0. The quantitative estimate of drug-likeness (QED) is 0.929. The first-order valence-corrected chi connectivity index (χ1v) is 6.98. The molecule has 1 saturated heterocycles. The highest BCUT2D eigenvalue weighted by Crippen LogP contribution is 2.30. The first-order valence-electron chi connectivity index (χ1n) is 6.98. The van der Waals surface area contributed by atoms with Crippen molar-refractivity contribution in [1.82, 2.24) is 4.90 Å². The van der Waals surface area contributed by atoms with Crippen LogP contribution < -0.4 is 10.5 Å². The van der Waals surface area contributed by atoms with Crippen LogP contribution in [0.15, 0.2) is 24.3 Å². The molecule has 1 amide bonds. The number of likely N-dealkylation sites (tertiary alicyclic amines) is 1. The lowest BCUT2D eigenvalue weighted by atomic mass is 9.80. The summed E-state index contributed by atoms with van der Waals surface area (Å²) >= 11 is 0. The summed E-state index contributed by atoms with van der Waals surface area (Å²) in [5.74, 6) is -0.159. The molecule has 1 heterocycles. The van der Waals surface area contributed by atoms with E-state index in [9.17, 15) is 13.6 Å². The minimum absolute atomic E-state index is 0.000319. The van der Waals surface area contributed by atoms with Crippen LogP contribution in [0.3, 0.4) is 0 Å². The number of carbonyl (C=O) groups is 1. The van der Waals surface area contributed by atoms with Gasteiger partial charge < -0.3 is 15.4 Å². The molecule has 0 bridgehead atoms. The number of nitrogens with two attached hydrogens (primary N) is 1. The largest absolute Gasteiger partial charge is 0.435 e. The molecule has 0 aromatic heterocycles. The van der Waals surface area contributed by atoms with Crippen molar-refractivity contribution in [2.75, 3.05) is 19.6 Å². The van der Waals surface area contributed by atoms with Gasteiger partial charge in [-0.15, -0.1) is 0 Å². The van der Waals surface area contributed by atoms with E-state index < -0.39 is 6.61 Å². The van der Waals surface area contributed by atoms with Gasteiger partial charge in [-0.2, -0.15) is 8.78 Å². The summed E-state index contributed by atoms with van der Waals surface area (Å²) in [5.41, 5.74) is 6.19. The maximum Gasteiger partial charge on any atom is 0.387 e. The van der Waals surface area contributed by atoms with Crippen LogP contribution in [0.4, 0.5) is 8.78 Å². The Labute approximate surface area is 122 Å². The molecule has 6 heteroatoms. The number of amides is 1. The Morgan fingerprint density at radius 3 is 2.67 bits per heavy atom. The molecule has 0 saturated carbocycles. The van der Waals surface area contributed by atoms with Crippen molar-refractivity contribution in [2.24, 2.45) is 11.1 Å². The second-order valence-electron chi connectivity index (χ2n) is 5.71. The molecule has 4 nitrogen and oxygen atoms in total. The normalized spacial score (nSPS) is 17.9. The number of piperidine rings is 1. The summed E-state index contributed by atoms with van der Waals surface area (Å²) in [6.45, 7) is 1.09. The average Bonchev–Trinajstić information content (AvgIpc) is 2.47. The molecule has 0 atom stereocenters.